The van der Waals surface area contributed by atoms with E-state index in [9.17, 15) is 9.59 Å². The molecule has 1 aromatic heterocycles. The number of amides is 1. The predicted molar refractivity (Wildman–Crippen MR) is 51.3 cm³/mol. The highest BCUT2D eigenvalue weighted by atomic mass is 16.4. The quantitative estimate of drug-likeness (QED) is 0.614. The fraction of sp³-hybridized carbons (Fsp3) is 0.250. The summed E-state index contributed by atoms with van der Waals surface area (Å²) in [7, 11) is 0. The Labute approximate surface area is 85.3 Å². The van der Waals surface area contributed by atoms with Gasteiger partial charge in [0, 0.05) is 12.4 Å². The molecule has 0 aliphatic heterocycles. The number of nitrogens with zero attached hydrogens (tertiary/aromatic N) is 2. The topological polar surface area (TPSA) is 118 Å². The number of aromatic carboxylic acids is 1. The second kappa shape index (κ2) is 4.36. The smallest absolute Gasteiger partial charge is 0.338 e. The fourth-order valence-electron chi connectivity index (χ4n) is 0.778. The maximum atomic E-state index is 10.7. The Morgan fingerprint density at radius 2 is 2.00 bits per heavy atom. The zero-order valence-electron chi connectivity index (χ0n) is 7.97. The summed E-state index contributed by atoms with van der Waals surface area (Å²) < 4.78 is 0. The van der Waals surface area contributed by atoms with E-state index in [-0.39, 0.29) is 11.5 Å². The van der Waals surface area contributed by atoms with Crippen LogP contribution in [-0.2, 0) is 4.79 Å². The Morgan fingerprint density at radius 1 is 1.47 bits per heavy atom. The number of primary amides is 1. The van der Waals surface area contributed by atoms with Crippen molar-refractivity contribution in [3.05, 3.63) is 18.0 Å². The van der Waals surface area contributed by atoms with Crippen LogP contribution in [0.15, 0.2) is 12.4 Å². The van der Waals surface area contributed by atoms with E-state index in [1.165, 1.54) is 0 Å². The second-order valence-electron chi connectivity index (χ2n) is 2.87. The van der Waals surface area contributed by atoms with E-state index in [2.05, 4.69) is 15.3 Å². The van der Waals surface area contributed by atoms with Gasteiger partial charge in [0.1, 0.15) is 6.04 Å². The third kappa shape index (κ3) is 2.90. The predicted octanol–water partition coefficient (Wildman–Crippen LogP) is -0.540. The van der Waals surface area contributed by atoms with Gasteiger partial charge in [-0.15, -0.1) is 0 Å². The average molecular weight is 210 g/mol. The molecule has 0 saturated carbocycles. The van der Waals surface area contributed by atoms with Crippen molar-refractivity contribution in [1.29, 1.82) is 0 Å². The van der Waals surface area contributed by atoms with Gasteiger partial charge < -0.3 is 16.2 Å². The van der Waals surface area contributed by atoms with E-state index in [0.717, 1.165) is 12.4 Å². The highest BCUT2D eigenvalue weighted by molar-refractivity contribution is 5.87. The van der Waals surface area contributed by atoms with Gasteiger partial charge in [-0.1, -0.05) is 0 Å². The Balaban J connectivity index is 2.72. The number of anilines is 1. The maximum absolute atomic E-state index is 10.7. The van der Waals surface area contributed by atoms with Gasteiger partial charge >= 0.3 is 5.97 Å². The lowest BCUT2D eigenvalue weighted by atomic mass is 10.3. The van der Waals surface area contributed by atoms with Crippen molar-refractivity contribution in [2.75, 3.05) is 5.32 Å². The van der Waals surface area contributed by atoms with Crippen molar-refractivity contribution >= 4 is 17.8 Å². The Kier molecular flexibility index (Phi) is 3.17. The van der Waals surface area contributed by atoms with Gasteiger partial charge in [-0.25, -0.2) is 14.8 Å². The molecule has 1 atom stereocenters. The molecule has 1 unspecified atom stereocenters. The van der Waals surface area contributed by atoms with E-state index < -0.39 is 17.9 Å². The Hall–Kier alpha value is -2.18. The molecule has 1 heterocycles. The molecule has 4 N–H and O–H groups in total. The third-order valence-corrected chi connectivity index (χ3v) is 1.67. The molecule has 15 heavy (non-hydrogen) atoms. The minimum absolute atomic E-state index is 0.0210. The lowest BCUT2D eigenvalue weighted by molar-refractivity contribution is -0.118. The number of rotatable bonds is 4. The highest BCUT2D eigenvalue weighted by Crippen LogP contribution is 2.01. The summed E-state index contributed by atoms with van der Waals surface area (Å²) in [6, 6.07) is -0.610. The molecule has 1 amide bonds. The Bertz CT molecular complexity index is 376. The van der Waals surface area contributed by atoms with Crippen LogP contribution in [0.3, 0.4) is 0 Å². The van der Waals surface area contributed by atoms with E-state index in [4.69, 9.17) is 10.8 Å². The molecule has 7 heteroatoms. The van der Waals surface area contributed by atoms with E-state index in [1.54, 1.807) is 6.92 Å². The first-order chi connectivity index (χ1) is 7.00. The zero-order chi connectivity index (χ0) is 11.4. The van der Waals surface area contributed by atoms with Gasteiger partial charge in [0.2, 0.25) is 11.9 Å². The standard InChI is InChI=1S/C8H10N4O3/c1-4(6(9)13)12-8-10-2-5(3-11-8)7(14)15/h2-4H,1H3,(H2,9,13)(H,14,15)(H,10,11,12). The van der Waals surface area contributed by atoms with Crippen LogP contribution in [0.4, 0.5) is 5.95 Å². The largest absolute Gasteiger partial charge is 0.478 e. The molecule has 0 radical (unpaired) electrons. The summed E-state index contributed by atoms with van der Waals surface area (Å²) in [5, 5.41) is 11.2. The van der Waals surface area contributed by atoms with E-state index in [0.29, 0.717) is 0 Å². The number of aromatic nitrogens is 2. The van der Waals surface area contributed by atoms with E-state index in [1.807, 2.05) is 0 Å². The highest BCUT2D eigenvalue weighted by Gasteiger charge is 2.10. The number of nitrogens with two attached hydrogens (primary N) is 1. The fourth-order valence-corrected chi connectivity index (χ4v) is 0.778. The first kappa shape index (κ1) is 10.9. The lowest BCUT2D eigenvalue weighted by Crippen LogP contribution is -2.33. The number of hydrogen-bond acceptors (Lipinski definition) is 5. The normalized spacial score (nSPS) is 11.8. The number of carbonyl (C=O) groups is 2. The van der Waals surface area contributed by atoms with Gasteiger partial charge in [0.25, 0.3) is 0 Å². The van der Waals surface area contributed by atoms with Gasteiger partial charge in [0.05, 0.1) is 5.56 Å². The first-order valence-electron chi connectivity index (χ1n) is 4.12. The maximum Gasteiger partial charge on any atom is 0.338 e. The van der Waals surface area contributed by atoms with Gasteiger partial charge in [0.15, 0.2) is 0 Å². The molecule has 0 aliphatic carbocycles. The molecule has 0 aromatic carbocycles. The number of carboxylic acid groups (broad SMARTS) is 1. The molecule has 0 saturated heterocycles. The minimum atomic E-state index is -1.11. The van der Waals surface area contributed by atoms with Crippen LogP contribution in [0.1, 0.15) is 17.3 Å². The van der Waals surface area contributed by atoms with Crippen molar-refractivity contribution in [2.45, 2.75) is 13.0 Å². The van der Waals surface area contributed by atoms with Crippen LogP contribution in [0.2, 0.25) is 0 Å². The summed E-state index contributed by atoms with van der Waals surface area (Å²) in [4.78, 5) is 28.6. The van der Waals surface area contributed by atoms with Crippen molar-refractivity contribution in [2.24, 2.45) is 5.73 Å². The van der Waals surface area contributed by atoms with Gasteiger partial charge in [-0.2, -0.15) is 0 Å². The van der Waals surface area contributed by atoms with Crippen molar-refractivity contribution in [3.63, 3.8) is 0 Å². The second-order valence-corrected chi connectivity index (χ2v) is 2.87. The first-order valence-corrected chi connectivity index (χ1v) is 4.12. The van der Waals surface area contributed by atoms with Crippen LogP contribution < -0.4 is 11.1 Å². The summed E-state index contributed by atoms with van der Waals surface area (Å²) >= 11 is 0. The van der Waals surface area contributed by atoms with Crippen molar-refractivity contribution < 1.29 is 14.7 Å². The molecule has 0 aliphatic rings. The molecule has 1 aromatic rings. The van der Waals surface area contributed by atoms with Gasteiger partial charge in [-0.3, -0.25) is 4.79 Å². The van der Waals surface area contributed by atoms with Gasteiger partial charge in [-0.05, 0) is 6.92 Å². The van der Waals surface area contributed by atoms with Crippen LogP contribution in [0.25, 0.3) is 0 Å². The summed E-state index contributed by atoms with van der Waals surface area (Å²) in [5.41, 5.74) is 4.99. The Morgan fingerprint density at radius 3 is 2.40 bits per heavy atom. The SMILES string of the molecule is CC(Nc1ncc(C(=O)O)cn1)C(N)=O. The minimum Gasteiger partial charge on any atom is -0.478 e. The van der Waals surface area contributed by atoms with Crippen molar-refractivity contribution in [3.8, 4) is 0 Å². The molecule has 0 spiro atoms. The van der Waals surface area contributed by atoms with Crippen LogP contribution in [-0.4, -0.2) is 33.0 Å². The third-order valence-electron chi connectivity index (χ3n) is 1.67. The molecule has 80 valence electrons. The number of nitrogens with one attached hydrogen (secondary N) is 1. The average Bonchev–Trinajstić information content (AvgIpc) is 2.18. The molecular formula is C8H10N4O3. The van der Waals surface area contributed by atoms with E-state index >= 15 is 0 Å². The lowest BCUT2D eigenvalue weighted by Gasteiger charge is -2.08. The van der Waals surface area contributed by atoms with Crippen LogP contribution >= 0.6 is 0 Å². The van der Waals surface area contributed by atoms with Crippen LogP contribution in [0.5, 0.6) is 0 Å². The van der Waals surface area contributed by atoms with Crippen LogP contribution in [0, 0.1) is 0 Å². The summed E-state index contributed by atoms with van der Waals surface area (Å²) in [6.07, 6.45) is 2.29. The zero-order valence-corrected chi connectivity index (χ0v) is 7.97. The molecule has 7 nitrogen and oxygen atoms in total. The molecule has 1 rings (SSSR count). The monoisotopic (exact) mass is 210 g/mol. The van der Waals surface area contributed by atoms with Crippen molar-refractivity contribution in [1.82, 2.24) is 9.97 Å². The number of carboxylic acids is 1. The molecule has 0 bridgehead atoms. The molecule has 0 fully saturated rings. The number of carbonyl (C=O) groups excluding carboxylic acids is 1. The summed E-state index contributed by atoms with van der Waals surface area (Å²) in [5.74, 6) is -1.49. The molecular weight excluding hydrogens is 200 g/mol. The summed E-state index contributed by atoms with van der Waals surface area (Å²) in [6.45, 7) is 1.55. The number of hydrogen-bond donors (Lipinski definition) is 3.